The summed E-state index contributed by atoms with van der Waals surface area (Å²) in [6.45, 7) is 5.88. The highest BCUT2D eigenvalue weighted by molar-refractivity contribution is 5.78. The molecule has 1 N–H and O–H groups in total. The van der Waals surface area contributed by atoms with Gasteiger partial charge in [0, 0.05) is 0 Å². The van der Waals surface area contributed by atoms with Gasteiger partial charge < -0.3 is 19.5 Å². The average Bonchev–Trinajstić information content (AvgIpc) is 2.58. The molecule has 0 saturated heterocycles. The maximum absolute atomic E-state index is 12.2. The highest BCUT2D eigenvalue weighted by atomic mass is 16.5. The quantitative estimate of drug-likeness (QED) is 0.835. The minimum absolute atomic E-state index is 0.0273. The normalized spacial score (nSPS) is 11.6. The molecule has 5 heteroatoms. The van der Waals surface area contributed by atoms with Crippen LogP contribution >= 0.6 is 0 Å². The van der Waals surface area contributed by atoms with Gasteiger partial charge in [0.2, 0.25) is 0 Å². The van der Waals surface area contributed by atoms with Crippen molar-refractivity contribution in [1.82, 2.24) is 5.32 Å². The Bertz CT molecular complexity index is 722. The van der Waals surface area contributed by atoms with E-state index in [0.717, 1.165) is 16.7 Å². The molecule has 2 aromatic carbocycles. The van der Waals surface area contributed by atoms with Gasteiger partial charge in [0.25, 0.3) is 5.91 Å². The molecule has 0 aromatic heterocycles. The molecule has 0 radical (unpaired) electrons. The second kappa shape index (κ2) is 8.42. The SMILES string of the molecule is COc1ccc([C@@H](C)NC(=O)COc2cc(C)cc(C)c2)cc1OC. The molecule has 0 aliphatic heterocycles. The van der Waals surface area contributed by atoms with E-state index < -0.39 is 0 Å². The molecule has 5 nitrogen and oxygen atoms in total. The second-order valence-electron chi connectivity index (χ2n) is 6.02. The van der Waals surface area contributed by atoms with E-state index in [1.54, 1.807) is 14.2 Å². The summed E-state index contributed by atoms with van der Waals surface area (Å²) in [7, 11) is 3.18. The number of hydrogen-bond acceptors (Lipinski definition) is 4. The summed E-state index contributed by atoms with van der Waals surface area (Å²) in [5.41, 5.74) is 3.14. The maximum atomic E-state index is 12.2. The Morgan fingerprint density at radius 3 is 2.24 bits per heavy atom. The highest BCUT2D eigenvalue weighted by Gasteiger charge is 2.13. The van der Waals surface area contributed by atoms with Crippen molar-refractivity contribution < 1.29 is 19.0 Å². The Hall–Kier alpha value is -2.69. The van der Waals surface area contributed by atoms with Crippen molar-refractivity contribution in [3.8, 4) is 17.2 Å². The van der Waals surface area contributed by atoms with Gasteiger partial charge in [-0.1, -0.05) is 12.1 Å². The summed E-state index contributed by atoms with van der Waals surface area (Å²) in [6.07, 6.45) is 0. The summed E-state index contributed by atoms with van der Waals surface area (Å²) in [4.78, 5) is 12.2. The first-order chi connectivity index (χ1) is 11.9. The fourth-order valence-corrected chi connectivity index (χ4v) is 2.65. The fraction of sp³-hybridized carbons (Fsp3) is 0.350. The number of methoxy groups -OCH3 is 2. The van der Waals surface area contributed by atoms with Gasteiger partial charge in [-0.2, -0.15) is 0 Å². The third-order valence-corrected chi connectivity index (χ3v) is 3.85. The molecule has 0 fully saturated rings. The Morgan fingerprint density at radius 2 is 1.64 bits per heavy atom. The summed E-state index contributed by atoms with van der Waals surface area (Å²) in [5.74, 6) is 1.81. The van der Waals surface area contributed by atoms with Gasteiger partial charge in [-0.25, -0.2) is 0 Å². The average molecular weight is 343 g/mol. The first-order valence-corrected chi connectivity index (χ1v) is 8.15. The van der Waals surface area contributed by atoms with E-state index >= 15 is 0 Å². The molecule has 0 saturated carbocycles. The van der Waals surface area contributed by atoms with Crippen LogP contribution in [0.4, 0.5) is 0 Å². The number of hydrogen-bond donors (Lipinski definition) is 1. The monoisotopic (exact) mass is 343 g/mol. The van der Waals surface area contributed by atoms with Gasteiger partial charge in [-0.15, -0.1) is 0 Å². The zero-order valence-electron chi connectivity index (χ0n) is 15.4. The first kappa shape index (κ1) is 18.6. The van der Waals surface area contributed by atoms with Gasteiger partial charge in [0.05, 0.1) is 20.3 Å². The zero-order valence-corrected chi connectivity index (χ0v) is 15.4. The number of aryl methyl sites for hydroxylation is 2. The van der Waals surface area contributed by atoms with Crippen LogP contribution in [0.5, 0.6) is 17.2 Å². The van der Waals surface area contributed by atoms with Gasteiger partial charge >= 0.3 is 0 Å². The summed E-state index contributed by atoms with van der Waals surface area (Å²) < 4.78 is 16.1. The van der Waals surface area contributed by atoms with Crippen LogP contribution < -0.4 is 19.5 Å². The Morgan fingerprint density at radius 1 is 1.00 bits per heavy atom. The maximum Gasteiger partial charge on any atom is 0.258 e. The lowest BCUT2D eigenvalue weighted by molar-refractivity contribution is -0.123. The lowest BCUT2D eigenvalue weighted by atomic mass is 10.1. The summed E-state index contributed by atoms with van der Waals surface area (Å²) in [5, 5.41) is 2.92. The van der Waals surface area contributed by atoms with E-state index in [4.69, 9.17) is 14.2 Å². The van der Waals surface area contributed by atoms with Crippen LogP contribution in [-0.2, 0) is 4.79 Å². The number of benzene rings is 2. The van der Waals surface area contributed by atoms with Crippen LogP contribution in [0.1, 0.15) is 29.7 Å². The molecular weight excluding hydrogens is 318 g/mol. The fourth-order valence-electron chi connectivity index (χ4n) is 2.65. The molecule has 0 bridgehead atoms. The Labute approximate surface area is 148 Å². The van der Waals surface area contributed by atoms with Gasteiger partial charge in [0.1, 0.15) is 5.75 Å². The number of amides is 1. The van der Waals surface area contributed by atoms with Crippen LogP contribution in [0.15, 0.2) is 36.4 Å². The van der Waals surface area contributed by atoms with Crippen LogP contribution in [0, 0.1) is 13.8 Å². The van der Waals surface area contributed by atoms with Crippen molar-refractivity contribution in [3.05, 3.63) is 53.1 Å². The molecule has 0 spiro atoms. The van der Waals surface area contributed by atoms with Crippen LogP contribution in [-0.4, -0.2) is 26.7 Å². The van der Waals surface area contributed by atoms with Crippen LogP contribution in [0.3, 0.4) is 0 Å². The molecule has 0 unspecified atom stereocenters. The van der Waals surface area contributed by atoms with Gasteiger partial charge in [-0.3, -0.25) is 4.79 Å². The molecule has 0 heterocycles. The molecule has 25 heavy (non-hydrogen) atoms. The van der Waals surface area contributed by atoms with Gasteiger partial charge in [0.15, 0.2) is 18.1 Å². The number of rotatable bonds is 7. The van der Waals surface area contributed by atoms with Crippen LogP contribution in [0.2, 0.25) is 0 Å². The summed E-state index contributed by atoms with van der Waals surface area (Å²) in [6, 6.07) is 11.3. The smallest absolute Gasteiger partial charge is 0.258 e. The number of carbonyl (C=O) groups excluding carboxylic acids is 1. The Kier molecular flexibility index (Phi) is 6.28. The first-order valence-electron chi connectivity index (χ1n) is 8.15. The molecule has 0 aliphatic rings. The van der Waals surface area contributed by atoms with E-state index in [1.807, 2.05) is 51.1 Å². The van der Waals surface area contributed by atoms with Gasteiger partial charge in [-0.05, 0) is 61.7 Å². The van der Waals surface area contributed by atoms with Crippen molar-refractivity contribution >= 4 is 5.91 Å². The lowest BCUT2D eigenvalue weighted by Gasteiger charge is -2.17. The number of nitrogens with one attached hydrogen (secondary N) is 1. The van der Waals surface area contributed by atoms with E-state index in [-0.39, 0.29) is 18.6 Å². The van der Waals surface area contributed by atoms with Crippen molar-refractivity contribution in [3.63, 3.8) is 0 Å². The van der Waals surface area contributed by atoms with Crippen LogP contribution in [0.25, 0.3) is 0 Å². The Balaban J connectivity index is 1.95. The van der Waals surface area contributed by atoms with E-state index in [2.05, 4.69) is 11.4 Å². The minimum atomic E-state index is -0.179. The standard InChI is InChI=1S/C20H25NO4/c1-13-8-14(2)10-17(9-13)25-12-20(22)21-15(3)16-6-7-18(23-4)19(11-16)24-5/h6-11,15H,12H2,1-5H3,(H,21,22)/t15-/m1/s1. The lowest BCUT2D eigenvalue weighted by Crippen LogP contribution is -2.31. The second-order valence-corrected chi connectivity index (χ2v) is 6.02. The van der Waals surface area contributed by atoms with Crippen molar-refractivity contribution in [2.24, 2.45) is 0 Å². The van der Waals surface area contributed by atoms with Crippen molar-refractivity contribution in [1.29, 1.82) is 0 Å². The summed E-state index contributed by atoms with van der Waals surface area (Å²) >= 11 is 0. The van der Waals surface area contributed by atoms with E-state index in [1.165, 1.54) is 0 Å². The van der Waals surface area contributed by atoms with E-state index in [9.17, 15) is 4.79 Å². The molecule has 2 rings (SSSR count). The topological polar surface area (TPSA) is 56.8 Å². The third kappa shape index (κ3) is 5.14. The predicted octanol–water partition coefficient (Wildman–Crippen LogP) is 3.58. The largest absolute Gasteiger partial charge is 0.493 e. The molecule has 1 amide bonds. The highest BCUT2D eigenvalue weighted by Crippen LogP contribution is 2.29. The number of ether oxygens (including phenoxy) is 3. The third-order valence-electron chi connectivity index (χ3n) is 3.85. The van der Waals surface area contributed by atoms with Crippen molar-refractivity contribution in [2.45, 2.75) is 26.8 Å². The predicted molar refractivity (Wildman–Crippen MR) is 97.5 cm³/mol. The molecule has 2 aromatic rings. The number of carbonyl (C=O) groups is 1. The molecule has 1 atom stereocenters. The zero-order chi connectivity index (χ0) is 18.4. The molecule has 0 aliphatic carbocycles. The molecule has 134 valence electrons. The minimum Gasteiger partial charge on any atom is -0.493 e. The molecular formula is C20H25NO4. The van der Waals surface area contributed by atoms with Crippen molar-refractivity contribution in [2.75, 3.05) is 20.8 Å². The van der Waals surface area contributed by atoms with E-state index in [0.29, 0.717) is 17.2 Å².